The second-order valence-electron chi connectivity index (χ2n) is 6.34. The monoisotopic (exact) mass is 274 g/mol. The summed E-state index contributed by atoms with van der Waals surface area (Å²) in [5, 5.41) is 0. The van der Waals surface area contributed by atoms with Crippen molar-refractivity contribution in [2.75, 3.05) is 6.61 Å². The van der Waals surface area contributed by atoms with Gasteiger partial charge in [0.1, 0.15) is 5.75 Å². The number of ketones is 1. The molecule has 0 N–H and O–H groups in total. The molecule has 2 nitrogen and oxygen atoms in total. The molecule has 0 saturated heterocycles. The van der Waals surface area contributed by atoms with Gasteiger partial charge < -0.3 is 4.74 Å². The molecule has 2 rings (SSSR count). The molecule has 2 heteroatoms. The second kappa shape index (κ2) is 6.43. The molecule has 1 aromatic carbocycles. The largest absolute Gasteiger partial charge is 0.493 e. The number of hydrogen-bond acceptors (Lipinski definition) is 2. The molecule has 0 unspecified atom stereocenters. The van der Waals surface area contributed by atoms with Gasteiger partial charge in [-0.25, -0.2) is 0 Å². The van der Waals surface area contributed by atoms with Crippen LogP contribution in [-0.2, 0) is 0 Å². The Morgan fingerprint density at radius 3 is 2.50 bits per heavy atom. The summed E-state index contributed by atoms with van der Waals surface area (Å²) >= 11 is 0. The second-order valence-corrected chi connectivity index (χ2v) is 6.34. The SMILES string of the molecule is CCOc1ccccc1C(=O)C1(CC(C)C)CCCC1. The lowest BCUT2D eigenvalue weighted by atomic mass is 9.73. The molecule has 0 amide bonds. The van der Waals surface area contributed by atoms with Gasteiger partial charge in [0.05, 0.1) is 12.2 Å². The van der Waals surface area contributed by atoms with Gasteiger partial charge in [0, 0.05) is 5.41 Å². The van der Waals surface area contributed by atoms with Crippen molar-refractivity contribution >= 4 is 5.78 Å². The van der Waals surface area contributed by atoms with Gasteiger partial charge in [-0.2, -0.15) is 0 Å². The van der Waals surface area contributed by atoms with Crippen LogP contribution in [0.2, 0.25) is 0 Å². The molecule has 0 radical (unpaired) electrons. The van der Waals surface area contributed by atoms with Crippen LogP contribution in [0.1, 0.15) is 63.2 Å². The van der Waals surface area contributed by atoms with Gasteiger partial charge in [-0.1, -0.05) is 38.8 Å². The number of carbonyl (C=O) groups excluding carboxylic acids is 1. The third-order valence-corrected chi connectivity index (χ3v) is 4.27. The maximum absolute atomic E-state index is 13.1. The van der Waals surface area contributed by atoms with Gasteiger partial charge in [0.25, 0.3) is 0 Å². The smallest absolute Gasteiger partial charge is 0.172 e. The zero-order chi connectivity index (χ0) is 14.6. The maximum atomic E-state index is 13.1. The average Bonchev–Trinajstić information content (AvgIpc) is 2.88. The molecule has 1 aliphatic rings. The predicted octanol–water partition coefficient (Wildman–Crippen LogP) is 4.87. The lowest BCUT2D eigenvalue weighted by Crippen LogP contribution is -2.30. The Bertz CT molecular complexity index is 456. The van der Waals surface area contributed by atoms with Gasteiger partial charge in [-0.15, -0.1) is 0 Å². The molecule has 0 aromatic heterocycles. The summed E-state index contributed by atoms with van der Waals surface area (Å²) in [6, 6.07) is 7.71. The predicted molar refractivity (Wildman–Crippen MR) is 82.3 cm³/mol. The fraction of sp³-hybridized carbons (Fsp3) is 0.611. The highest BCUT2D eigenvalue weighted by molar-refractivity contribution is 6.03. The Hall–Kier alpha value is -1.31. The first kappa shape index (κ1) is 15.1. The Labute approximate surface area is 122 Å². The fourth-order valence-electron chi connectivity index (χ4n) is 3.58. The number of para-hydroxylation sites is 1. The van der Waals surface area contributed by atoms with Gasteiger partial charge in [0.15, 0.2) is 5.78 Å². The highest BCUT2D eigenvalue weighted by Gasteiger charge is 2.42. The van der Waals surface area contributed by atoms with Crippen LogP contribution in [-0.4, -0.2) is 12.4 Å². The standard InChI is InChI=1S/C18H26O2/c1-4-20-16-10-6-5-9-15(16)17(19)18(13-14(2)3)11-7-8-12-18/h5-6,9-10,14H,4,7-8,11-13H2,1-3H3. The van der Waals surface area contributed by atoms with E-state index in [2.05, 4.69) is 13.8 Å². The van der Waals surface area contributed by atoms with Crippen molar-refractivity contribution in [1.82, 2.24) is 0 Å². The van der Waals surface area contributed by atoms with E-state index in [-0.39, 0.29) is 5.41 Å². The van der Waals surface area contributed by atoms with E-state index >= 15 is 0 Å². The Morgan fingerprint density at radius 1 is 1.25 bits per heavy atom. The molecule has 0 heterocycles. The quantitative estimate of drug-likeness (QED) is 0.691. The minimum absolute atomic E-state index is 0.151. The number of Topliss-reactive ketones (excluding diaryl/α,β-unsaturated/α-hetero) is 1. The van der Waals surface area contributed by atoms with Crippen LogP contribution in [0.3, 0.4) is 0 Å². The van der Waals surface area contributed by atoms with Crippen LogP contribution < -0.4 is 4.74 Å². The molecular weight excluding hydrogens is 248 g/mol. The number of benzene rings is 1. The van der Waals surface area contributed by atoms with E-state index in [9.17, 15) is 4.79 Å². The zero-order valence-electron chi connectivity index (χ0n) is 12.9. The van der Waals surface area contributed by atoms with E-state index in [1.54, 1.807) is 0 Å². The Kier molecular flexibility index (Phi) is 4.85. The van der Waals surface area contributed by atoms with Crippen molar-refractivity contribution in [2.45, 2.75) is 52.9 Å². The Balaban J connectivity index is 2.33. The summed E-state index contributed by atoms with van der Waals surface area (Å²) in [7, 11) is 0. The van der Waals surface area contributed by atoms with E-state index in [0.29, 0.717) is 18.3 Å². The maximum Gasteiger partial charge on any atom is 0.172 e. The van der Waals surface area contributed by atoms with Crippen LogP contribution >= 0.6 is 0 Å². The van der Waals surface area contributed by atoms with Crippen LogP contribution in [0.5, 0.6) is 5.75 Å². The molecule has 0 bridgehead atoms. The van der Waals surface area contributed by atoms with Crippen LogP contribution in [0.15, 0.2) is 24.3 Å². The molecule has 1 aliphatic carbocycles. The molecule has 1 saturated carbocycles. The van der Waals surface area contributed by atoms with Gasteiger partial charge >= 0.3 is 0 Å². The van der Waals surface area contributed by atoms with E-state index < -0.39 is 0 Å². The molecule has 1 aromatic rings. The van der Waals surface area contributed by atoms with E-state index in [1.807, 2.05) is 31.2 Å². The number of rotatable bonds is 6. The molecule has 0 aliphatic heterocycles. The van der Waals surface area contributed by atoms with Gasteiger partial charge in [-0.05, 0) is 44.2 Å². The van der Waals surface area contributed by atoms with Crippen molar-refractivity contribution < 1.29 is 9.53 Å². The van der Waals surface area contributed by atoms with Gasteiger partial charge in [0.2, 0.25) is 0 Å². The molecule has 1 fully saturated rings. The summed E-state index contributed by atoms with van der Waals surface area (Å²) in [6.45, 7) is 6.98. The fourth-order valence-corrected chi connectivity index (χ4v) is 3.58. The average molecular weight is 274 g/mol. The number of carbonyl (C=O) groups is 1. The number of hydrogen-bond donors (Lipinski definition) is 0. The van der Waals surface area contributed by atoms with E-state index in [0.717, 1.165) is 30.6 Å². The van der Waals surface area contributed by atoms with Crippen LogP contribution in [0, 0.1) is 11.3 Å². The lowest BCUT2D eigenvalue weighted by molar-refractivity contribution is 0.0756. The van der Waals surface area contributed by atoms with Gasteiger partial charge in [-0.3, -0.25) is 4.79 Å². The van der Waals surface area contributed by atoms with Crippen molar-refractivity contribution in [3.8, 4) is 5.75 Å². The third kappa shape index (κ3) is 3.05. The Morgan fingerprint density at radius 2 is 1.90 bits per heavy atom. The first-order chi connectivity index (χ1) is 9.59. The van der Waals surface area contributed by atoms with Crippen molar-refractivity contribution in [2.24, 2.45) is 11.3 Å². The highest BCUT2D eigenvalue weighted by Crippen LogP contribution is 2.46. The molecular formula is C18H26O2. The lowest BCUT2D eigenvalue weighted by Gasteiger charge is -2.30. The summed E-state index contributed by atoms with van der Waals surface area (Å²) in [4.78, 5) is 13.1. The first-order valence-electron chi connectivity index (χ1n) is 7.85. The summed E-state index contributed by atoms with van der Waals surface area (Å²) in [5.74, 6) is 1.60. The minimum Gasteiger partial charge on any atom is -0.493 e. The molecule has 110 valence electrons. The minimum atomic E-state index is -0.151. The normalized spacial score (nSPS) is 17.4. The summed E-state index contributed by atoms with van der Waals surface area (Å²) in [5.41, 5.74) is 0.623. The topological polar surface area (TPSA) is 26.3 Å². The van der Waals surface area contributed by atoms with Crippen molar-refractivity contribution in [1.29, 1.82) is 0 Å². The van der Waals surface area contributed by atoms with Crippen molar-refractivity contribution in [3.05, 3.63) is 29.8 Å². The summed E-state index contributed by atoms with van der Waals surface area (Å²) in [6.07, 6.45) is 5.41. The highest BCUT2D eigenvalue weighted by atomic mass is 16.5. The first-order valence-corrected chi connectivity index (χ1v) is 7.85. The van der Waals surface area contributed by atoms with E-state index in [4.69, 9.17) is 4.74 Å². The van der Waals surface area contributed by atoms with E-state index in [1.165, 1.54) is 12.8 Å². The molecule has 20 heavy (non-hydrogen) atoms. The number of ether oxygens (including phenoxy) is 1. The van der Waals surface area contributed by atoms with Crippen molar-refractivity contribution in [3.63, 3.8) is 0 Å². The summed E-state index contributed by atoms with van der Waals surface area (Å²) < 4.78 is 5.65. The zero-order valence-corrected chi connectivity index (χ0v) is 12.9. The van der Waals surface area contributed by atoms with Crippen LogP contribution in [0.4, 0.5) is 0 Å². The van der Waals surface area contributed by atoms with Crippen LogP contribution in [0.25, 0.3) is 0 Å². The molecule has 0 atom stereocenters. The molecule has 0 spiro atoms. The third-order valence-electron chi connectivity index (χ3n) is 4.27.